The Morgan fingerprint density at radius 3 is 2.71 bits per heavy atom. The third-order valence-corrected chi connectivity index (χ3v) is 3.41. The molecular weight excluding hydrogens is 276 g/mol. The van der Waals surface area contributed by atoms with E-state index in [0.717, 1.165) is 22.4 Å². The molecule has 0 aromatic heterocycles. The van der Waals surface area contributed by atoms with Gasteiger partial charge in [0.15, 0.2) is 0 Å². The molecule has 0 radical (unpaired) electrons. The lowest BCUT2D eigenvalue weighted by molar-refractivity contribution is 1.14. The fourth-order valence-corrected chi connectivity index (χ4v) is 2.08. The minimum Gasteiger partial charge on any atom is -0.397 e. The van der Waals surface area contributed by atoms with E-state index < -0.39 is 0 Å². The van der Waals surface area contributed by atoms with Crippen LogP contribution in [0.3, 0.4) is 0 Å². The van der Waals surface area contributed by atoms with E-state index in [0.29, 0.717) is 0 Å². The molecule has 0 aliphatic heterocycles. The van der Waals surface area contributed by atoms with Crippen molar-refractivity contribution in [3.63, 3.8) is 0 Å². The van der Waals surface area contributed by atoms with Gasteiger partial charge in [0.1, 0.15) is 0 Å². The average molecular weight is 291 g/mol. The van der Waals surface area contributed by atoms with E-state index in [1.54, 1.807) is 0 Å². The van der Waals surface area contributed by atoms with Gasteiger partial charge in [0.05, 0.1) is 11.4 Å². The predicted octanol–water partition coefficient (Wildman–Crippen LogP) is 3.95. The van der Waals surface area contributed by atoms with E-state index in [-0.39, 0.29) is 0 Å². The molecule has 2 aromatic rings. The summed E-state index contributed by atoms with van der Waals surface area (Å²) in [5.41, 5.74) is 10.1. The highest BCUT2D eigenvalue weighted by atomic mass is 79.9. The molecule has 0 bridgehead atoms. The van der Waals surface area contributed by atoms with Crippen molar-refractivity contribution in [1.82, 2.24) is 0 Å². The van der Waals surface area contributed by atoms with Gasteiger partial charge < -0.3 is 11.1 Å². The van der Waals surface area contributed by atoms with Crippen LogP contribution >= 0.6 is 15.9 Å². The van der Waals surface area contributed by atoms with Gasteiger partial charge in [-0.2, -0.15) is 0 Å². The Hall–Kier alpha value is -1.48. The molecule has 0 fully saturated rings. The number of rotatable bonds is 3. The third-order valence-electron chi connectivity index (χ3n) is 2.64. The molecule has 2 nitrogen and oxygen atoms in total. The Kier molecular flexibility index (Phi) is 3.69. The van der Waals surface area contributed by atoms with Gasteiger partial charge >= 0.3 is 0 Å². The number of halogens is 1. The topological polar surface area (TPSA) is 38.0 Å². The quantitative estimate of drug-likeness (QED) is 0.840. The number of anilines is 2. The molecular formula is C14H15BrN2. The minimum absolute atomic E-state index is 0.759. The number of hydrogen-bond acceptors (Lipinski definition) is 2. The van der Waals surface area contributed by atoms with Crippen molar-refractivity contribution >= 4 is 27.3 Å². The van der Waals surface area contributed by atoms with Crippen molar-refractivity contribution < 1.29 is 0 Å². The fourth-order valence-electron chi connectivity index (χ4n) is 1.66. The van der Waals surface area contributed by atoms with Crippen LogP contribution in [0.4, 0.5) is 11.4 Å². The van der Waals surface area contributed by atoms with Gasteiger partial charge in [0.2, 0.25) is 0 Å². The number of hydrogen-bond donors (Lipinski definition) is 2. The second-order valence-corrected chi connectivity index (χ2v) is 4.89. The highest BCUT2D eigenvalue weighted by Gasteiger charge is 2.01. The van der Waals surface area contributed by atoms with E-state index in [1.807, 2.05) is 30.3 Å². The first-order chi connectivity index (χ1) is 8.16. The molecule has 0 heterocycles. The Morgan fingerprint density at radius 1 is 1.18 bits per heavy atom. The van der Waals surface area contributed by atoms with E-state index in [4.69, 9.17) is 5.73 Å². The number of nitrogen functional groups attached to an aromatic ring is 1. The molecule has 0 amide bonds. The van der Waals surface area contributed by atoms with Crippen LogP contribution in [0.1, 0.15) is 11.1 Å². The second kappa shape index (κ2) is 5.23. The maximum Gasteiger partial charge on any atom is 0.0579 e. The SMILES string of the molecule is Cc1ccc(N)c(NCc2ccccc2Br)c1. The van der Waals surface area contributed by atoms with Crippen LogP contribution in [0.25, 0.3) is 0 Å². The molecule has 0 unspecified atom stereocenters. The number of benzene rings is 2. The summed E-state index contributed by atoms with van der Waals surface area (Å²) in [6.45, 7) is 2.82. The van der Waals surface area contributed by atoms with Gasteiger partial charge in [0.25, 0.3) is 0 Å². The van der Waals surface area contributed by atoms with Gasteiger partial charge in [-0.25, -0.2) is 0 Å². The third kappa shape index (κ3) is 3.01. The van der Waals surface area contributed by atoms with Crippen LogP contribution in [-0.4, -0.2) is 0 Å². The highest BCUT2D eigenvalue weighted by molar-refractivity contribution is 9.10. The Labute approximate surface area is 110 Å². The van der Waals surface area contributed by atoms with Crippen LogP contribution in [0.2, 0.25) is 0 Å². The zero-order chi connectivity index (χ0) is 12.3. The summed E-state index contributed by atoms with van der Waals surface area (Å²) in [7, 11) is 0. The van der Waals surface area contributed by atoms with Crippen LogP contribution in [0.15, 0.2) is 46.9 Å². The van der Waals surface area contributed by atoms with Crippen LogP contribution < -0.4 is 11.1 Å². The fraction of sp³-hybridized carbons (Fsp3) is 0.143. The smallest absolute Gasteiger partial charge is 0.0579 e. The van der Waals surface area contributed by atoms with E-state index in [1.165, 1.54) is 11.1 Å². The van der Waals surface area contributed by atoms with Gasteiger partial charge in [-0.05, 0) is 36.2 Å². The molecule has 2 rings (SSSR count). The van der Waals surface area contributed by atoms with Crippen LogP contribution in [0.5, 0.6) is 0 Å². The largest absolute Gasteiger partial charge is 0.397 e. The Morgan fingerprint density at radius 2 is 1.94 bits per heavy atom. The van der Waals surface area contributed by atoms with Crippen LogP contribution in [0, 0.1) is 6.92 Å². The van der Waals surface area contributed by atoms with E-state index in [2.05, 4.69) is 40.3 Å². The molecule has 0 spiro atoms. The molecule has 17 heavy (non-hydrogen) atoms. The number of nitrogens with two attached hydrogens (primary N) is 1. The van der Waals surface area contributed by atoms with E-state index in [9.17, 15) is 0 Å². The Balaban J connectivity index is 2.12. The summed E-state index contributed by atoms with van der Waals surface area (Å²) in [4.78, 5) is 0. The molecule has 0 saturated carbocycles. The molecule has 0 saturated heterocycles. The summed E-state index contributed by atoms with van der Waals surface area (Å²) in [5.74, 6) is 0. The lowest BCUT2D eigenvalue weighted by Gasteiger charge is -2.11. The molecule has 0 aliphatic carbocycles. The summed E-state index contributed by atoms with van der Waals surface area (Å²) in [5, 5.41) is 3.36. The summed E-state index contributed by atoms with van der Waals surface area (Å²) < 4.78 is 1.11. The van der Waals surface area contributed by atoms with E-state index >= 15 is 0 Å². The second-order valence-electron chi connectivity index (χ2n) is 4.04. The molecule has 0 aliphatic rings. The molecule has 88 valence electrons. The van der Waals surface area contributed by atoms with Crippen LogP contribution in [-0.2, 0) is 6.54 Å². The van der Waals surface area contributed by atoms with Gasteiger partial charge in [-0.1, -0.05) is 40.2 Å². The maximum atomic E-state index is 5.92. The Bertz CT molecular complexity index is 523. The summed E-state index contributed by atoms with van der Waals surface area (Å²) >= 11 is 3.53. The lowest BCUT2D eigenvalue weighted by Crippen LogP contribution is -2.03. The zero-order valence-corrected chi connectivity index (χ0v) is 11.3. The first-order valence-corrected chi connectivity index (χ1v) is 6.29. The first kappa shape index (κ1) is 12.0. The molecule has 3 heteroatoms. The monoisotopic (exact) mass is 290 g/mol. The molecule has 2 aromatic carbocycles. The van der Waals surface area contributed by atoms with Gasteiger partial charge in [-0.3, -0.25) is 0 Å². The zero-order valence-electron chi connectivity index (χ0n) is 9.70. The summed E-state index contributed by atoms with van der Waals surface area (Å²) in [6.07, 6.45) is 0. The van der Waals surface area contributed by atoms with Gasteiger partial charge in [-0.15, -0.1) is 0 Å². The predicted molar refractivity (Wildman–Crippen MR) is 77.1 cm³/mol. The standard InChI is InChI=1S/C14H15BrN2/c1-10-6-7-13(16)14(8-10)17-9-11-4-2-3-5-12(11)15/h2-8,17H,9,16H2,1H3. The van der Waals surface area contributed by atoms with Crippen molar-refractivity contribution in [2.45, 2.75) is 13.5 Å². The summed E-state index contributed by atoms with van der Waals surface area (Å²) in [6, 6.07) is 14.2. The number of nitrogens with one attached hydrogen (secondary N) is 1. The molecule has 0 atom stereocenters. The first-order valence-electron chi connectivity index (χ1n) is 5.50. The van der Waals surface area contributed by atoms with Crippen molar-refractivity contribution in [3.05, 3.63) is 58.1 Å². The van der Waals surface area contributed by atoms with Crippen molar-refractivity contribution in [2.75, 3.05) is 11.1 Å². The minimum atomic E-state index is 0.759. The normalized spacial score (nSPS) is 10.2. The van der Waals surface area contributed by atoms with Crippen molar-refractivity contribution in [3.8, 4) is 0 Å². The highest BCUT2D eigenvalue weighted by Crippen LogP contribution is 2.22. The lowest BCUT2D eigenvalue weighted by atomic mass is 10.1. The maximum absolute atomic E-state index is 5.92. The molecule has 3 N–H and O–H groups in total. The number of aryl methyl sites for hydroxylation is 1. The van der Waals surface area contributed by atoms with Gasteiger partial charge in [0, 0.05) is 11.0 Å². The average Bonchev–Trinajstić information content (AvgIpc) is 2.32. The van der Waals surface area contributed by atoms with Crippen molar-refractivity contribution in [2.24, 2.45) is 0 Å². The van der Waals surface area contributed by atoms with Crippen molar-refractivity contribution in [1.29, 1.82) is 0 Å².